The number of ether oxygens (including phenoxy) is 2. The van der Waals surface area contributed by atoms with Crippen molar-refractivity contribution in [3.63, 3.8) is 0 Å². The van der Waals surface area contributed by atoms with Crippen molar-refractivity contribution in [2.45, 2.75) is 27.0 Å². The molecule has 1 amide bonds. The van der Waals surface area contributed by atoms with Gasteiger partial charge in [-0.05, 0) is 49.8 Å². The first kappa shape index (κ1) is 23.2. The lowest BCUT2D eigenvalue weighted by molar-refractivity contribution is -0.116. The van der Waals surface area contributed by atoms with Gasteiger partial charge in [-0.3, -0.25) is 9.78 Å². The van der Waals surface area contributed by atoms with Crippen LogP contribution in [-0.2, 0) is 17.9 Å². The first-order valence-electron chi connectivity index (χ1n) is 10.6. The standard InChI is InChI=1S/C25H24N4O4S/c1-16-20(17(2)33-29-16)14-32-22-6-4-18(12-23(22)31-3)5-7-24(30)27-13-25-28-21(15-34-25)19-8-10-26-11-9-19/h4-12,15H,13-14H2,1-3H3,(H,27,30)/b7-5+. The number of nitrogens with zero attached hydrogens (tertiary/aromatic N) is 3. The SMILES string of the molecule is COc1cc(/C=C/C(=O)NCc2nc(-c3ccncc3)cs2)ccc1OCc1c(C)noc1C. The molecule has 0 aliphatic heterocycles. The quantitative estimate of drug-likeness (QED) is 0.349. The summed E-state index contributed by atoms with van der Waals surface area (Å²) >= 11 is 1.50. The molecule has 174 valence electrons. The molecule has 1 aromatic carbocycles. The molecule has 0 aliphatic carbocycles. The van der Waals surface area contributed by atoms with Crippen molar-refractivity contribution in [2.24, 2.45) is 0 Å². The van der Waals surface area contributed by atoms with Crippen molar-refractivity contribution >= 4 is 23.3 Å². The summed E-state index contributed by atoms with van der Waals surface area (Å²) in [5.41, 5.74) is 4.39. The molecule has 0 radical (unpaired) electrons. The molecular formula is C25H24N4O4S. The Hall–Kier alpha value is -3.98. The molecule has 9 heteroatoms. The van der Waals surface area contributed by atoms with Crippen LogP contribution < -0.4 is 14.8 Å². The highest BCUT2D eigenvalue weighted by molar-refractivity contribution is 7.09. The molecule has 4 aromatic rings. The molecule has 0 spiro atoms. The van der Waals surface area contributed by atoms with Crippen LogP contribution in [-0.4, -0.2) is 28.1 Å². The summed E-state index contributed by atoms with van der Waals surface area (Å²) < 4.78 is 16.5. The van der Waals surface area contributed by atoms with Gasteiger partial charge in [0, 0.05) is 29.4 Å². The van der Waals surface area contributed by atoms with E-state index in [0.717, 1.165) is 38.8 Å². The fourth-order valence-electron chi connectivity index (χ4n) is 3.21. The Morgan fingerprint density at radius 3 is 2.74 bits per heavy atom. The summed E-state index contributed by atoms with van der Waals surface area (Å²) in [6.07, 6.45) is 6.66. The van der Waals surface area contributed by atoms with Crippen molar-refractivity contribution < 1.29 is 18.8 Å². The third kappa shape index (κ3) is 5.68. The van der Waals surface area contributed by atoms with Crippen LogP contribution >= 0.6 is 11.3 Å². The van der Waals surface area contributed by atoms with Crippen molar-refractivity contribution in [2.75, 3.05) is 7.11 Å². The lowest BCUT2D eigenvalue weighted by Crippen LogP contribution is -2.20. The van der Waals surface area contributed by atoms with Crippen LogP contribution in [0.3, 0.4) is 0 Å². The van der Waals surface area contributed by atoms with E-state index < -0.39 is 0 Å². The zero-order valence-electron chi connectivity index (χ0n) is 19.1. The maximum atomic E-state index is 12.3. The Morgan fingerprint density at radius 1 is 1.18 bits per heavy atom. The van der Waals surface area contributed by atoms with Gasteiger partial charge in [0.25, 0.3) is 0 Å². The molecule has 34 heavy (non-hydrogen) atoms. The van der Waals surface area contributed by atoms with Crippen molar-refractivity contribution in [3.05, 3.63) is 81.8 Å². The Labute approximate surface area is 201 Å². The molecule has 0 saturated heterocycles. The summed E-state index contributed by atoms with van der Waals surface area (Å²) in [5.74, 6) is 1.69. The molecule has 0 unspecified atom stereocenters. The topological polar surface area (TPSA) is 99.4 Å². The van der Waals surface area contributed by atoms with Gasteiger partial charge in [0.2, 0.25) is 5.91 Å². The lowest BCUT2D eigenvalue weighted by Gasteiger charge is -2.11. The zero-order valence-corrected chi connectivity index (χ0v) is 19.9. The minimum atomic E-state index is -0.210. The van der Waals surface area contributed by atoms with Gasteiger partial charge in [0.15, 0.2) is 11.5 Å². The number of hydrogen-bond acceptors (Lipinski definition) is 8. The van der Waals surface area contributed by atoms with Crippen LogP contribution in [0, 0.1) is 13.8 Å². The van der Waals surface area contributed by atoms with E-state index in [-0.39, 0.29) is 5.91 Å². The normalized spacial score (nSPS) is 11.0. The van der Waals surface area contributed by atoms with Crippen LogP contribution in [0.1, 0.15) is 27.6 Å². The van der Waals surface area contributed by atoms with E-state index >= 15 is 0 Å². The number of hydrogen-bond donors (Lipinski definition) is 1. The summed E-state index contributed by atoms with van der Waals surface area (Å²) in [4.78, 5) is 20.9. The van der Waals surface area contributed by atoms with Gasteiger partial charge in [-0.1, -0.05) is 11.2 Å². The Balaban J connectivity index is 1.33. The van der Waals surface area contributed by atoms with Crippen molar-refractivity contribution in [1.29, 1.82) is 0 Å². The number of amides is 1. The van der Waals surface area contributed by atoms with E-state index in [1.165, 1.54) is 17.4 Å². The molecule has 4 rings (SSSR count). The van der Waals surface area contributed by atoms with Crippen LogP contribution in [0.4, 0.5) is 0 Å². The molecule has 3 heterocycles. The number of nitrogens with one attached hydrogen (secondary N) is 1. The van der Waals surface area contributed by atoms with Crippen LogP contribution in [0.15, 0.2) is 58.7 Å². The maximum absolute atomic E-state index is 12.3. The number of carbonyl (C=O) groups is 1. The van der Waals surface area contributed by atoms with E-state index in [1.807, 2.05) is 49.6 Å². The van der Waals surface area contributed by atoms with Crippen molar-refractivity contribution in [1.82, 2.24) is 20.4 Å². The van der Waals surface area contributed by atoms with E-state index in [9.17, 15) is 4.79 Å². The predicted octanol–water partition coefficient (Wildman–Crippen LogP) is 4.73. The lowest BCUT2D eigenvalue weighted by atomic mass is 10.2. The maximum Gasteiger partial charge on any atom is 0.244 e. The molecule has 0 fully saturated rings. The first-order chi connectivity index (χ1) is 16.5. The van der Waals surface area contributed by atoms with Gasteiger partial charge in [0.05, 0.1) is 30.6 Å². The average molecular weight is 477 g/mol. The van der Waals surface area contributed by atoms with Crippen molar-refractivity contribution in [3.8, 4) is 22.8 Å². The fraction of sp³-hybridized carbons (Fsp3) is 0.200. The van der Waals surface area contributed by atoms with Gasteiger partial charge in [-0.2, -0.15) is 0 Å². The number of thiazole rings is 1. The minimum absolute atomic E-state index is 0.210. The smallest absolute Gasteiger partial charge is 0.244 e. The Kier molecular flexibility index (Phi) is 7.34. The second-order valence-electron chi connectivity index (χ2n) is 7.42. The number of carbonyl (C=O) groups excluding carboxylic acids is 1. The van der Waals surface area contributed by atoms with Gasteiger partial charge >= 0.3 is 0 Å². The molecule has 0 atom stereocenters. The molecular weight excluding hydrogens is 452 g/mol. The summed E-state index contributed by atoms with van der Waals surface area (Å²) in [6, 6.07) is 9.29. The number of pyridine rings is 1. The number of methoxy groups -OCH3 is 1. The largest absolute Gasteiger partial charge is 0.493 e. The monoisotopic (exact) mass is 476 g/mol. The van der Waals surface area contributed by atoms with E-state index in [2.05, 4.69) is 20.4 Å². The molecule has 0 aliphatic rings. The van der Waals surface area contributed by atoms with E-state index in [1.54, 1.807) is 25.6 Å². The summed E-state index contributed by atoms with van der Waals surface area (Å²) in [6.45, 7) is 4.41. The highest BCUT2D eigenvalue weighted by atomic mass is 32.1. The zero-order chi connectivity index (χ0) is 23.9. The fourth-order valence-corrected chi connectivity index (χ4v) is 3.95. The third-order valence-corrected chi connectivity index (χ3v) is 5.96. The van der Waals surface area contributed by atoms with Gasteiger partial charge < -0.3 is 19.3 Å². The highest BCUT2D eigenvalue weighted by Crippen LogP contribution is 2.30. The third-order valence-electron chi connectivity index (χ3n) is 5.11. The molecule has 3 aromatic heterocycles. The number of aryl methyl sites for hydroxylation is 2. The highest BCUT2D eigenvalue weighted by Gasteiger charge is 2.12. The molecule has 8 nitrogen and oxygen atoms in total. The Bertz CT molecular complexity index is 1280. The average Bonchev–Trinajstić information content (AvgIpc) is 3.47. The van der Waals surface area contributed by atoms with Gasteiger partial charge in [-0.15, -0.1) is 11.3 Å². The van der Waals surface area contributed by atoms with E-state index in [0.29, 0.717) is 24.7 Å². The number of aromatic nitrogens is 3. The van der Waals surface area contributed by atoms with Crippen LogP contribution in [0.2, 0.25) is 0 Å². The second kappa shape index (κ2) is 10.8. The number of benzene rings is 1. The number of rotatable bonds is 9. The predicted molar refractivity (Wildman–Crippen MR) is 130 cm³/mol. The summed E-state index contributed by atoms with van der Waals surface area (Å²) in [7, 11) is 1.58. The minimum Gasteiger partial charge on any atom is -0.493 e. The van der Waals surface area contributed by atoms with Crippen LogP contribution in [0.5, 0.6) is 11.5 Å². The molecule has 0 bridgehead atoms. The van der Waals surface area contributed by atoms with Crippen LogP contribution in [0.25, 0.3) is 17.3 Å². The van der Waals surface area contributed by atoms with Gasteiger partial charge in [0.1, 0.15) is 17.4 Å². The molecule has 1 N–H and O–H groups in total. The van der Waals surface area contributed by atoms with Gasteiger partial charge in [-0.25, -0.2) is 4.98 Å². The first-order valence-corrected chi connectivity index (χ1v) is 11.4. The molecule has 0 saturated carbocycles. The summed E-state index contributed by atoms with van der Waals surface area (Å²) in [5, 5.41) is 9.59. The second-order valence-corrected chi connectivity index (χ2v) is 8.36. The Morgan fingerprint density at radius 2 is 2.00 bits per heavy atom. The van der Waals surface area contributed by atoms with E-state index in [4.69, 9.17) is 14.0 Å².